The first-order valence-electron chi connectivity index (χ1n) is 8.98. The molecule has 1 N–H and O–H groups in total. The zero-order chi connectivity index (χ0) is 18.1. The molecule has 0 spiro atoms. The molecular weight excluding hydrogens is 348 g/mol. The van der Waals surface area contributed by atoms with E-state index >= 15 is 0 Å². The van der Waals surface area contributed by atoms with Crippen LogP contribution < -0.4 is 15.0 Å². The van der Waals surface area contributed by atoms with Gasteiger partial charge in [-0.3, -0.25) is 4.79 Å². The molecule has 2 heterocycles. The second kappa shape index (κ2) is 7.11. The normalized spacial score (nSPS) is 14.5. The zero-order valence-corrected chi connectivity index (χ0v) is 15.9. The van der Waals surface area contributed by atoms with E-state index < -0.39 is 0 Å². The molecule has 2 aromatic heterocycles. The number of aromatic amines is 1. The number of ether oxygens (including phenoxy) is 2. The Balaban J connectivity index is 1.90. The minimum Gasteiger partial charge on any atom is -0.497 e. The lowest BCUT2D eigenvalue weighted by Crippen LogP contribution is -2.11. The van der Waals surface area contributed by atoms with Crippen molar-refractivity contribution in [3.8, 4) is 22.9 Å². The van der Waals surface area contributed by atoms with Gasteiger partial charge in [-0.2, -0.15) is 0 Å². The molecule has 0 saturated carbocycles. The molecule has 0 fully saturated rings. The highest BCUT2D eigenvalue weighted by atomic mass is 32.1. The van der Waals surface area contributed by atoms with Crippen LogP contribution in [0, 0.1) is 0 Å². The number of methoxy groups -OCH3 is 2. The number of hydrogen-bond donors (Lipinski definition) is 1. The van der Waals surface area contributed by atoms with Crippen LogP contribution in [0.25, 0.3) is 21.6 Å². The number of fused-ring (bicyclic) bond motifs is 3. The Kier molecular flexibility index (Phi) is 4.68. The third-order valence-electron chi connectivity index (χ3n) is 4.99. The van der Waals surface area contributed by atoms with Crippen molar-refractivity contribution in [3.05, 3.63) is 39.0 Å². The average Bonchev–Trinajstić information content (AvgIpc) is 2.98. The zero-order valence-electron chi connectivity index (χ0n) is 15.1. The van der Waals surface area contributed by atoms with Crippen molar-refractivity contribution in [1.82, 2.24) is 9.97 Å². The molecule has 1 aromatic carbocycles. The van der Waals surface area contributed by atoms with Gasteiger partial charge in [0.15, 0.2) is 0 Å². The van der Waals surface area contributed by atoms with Crippen molar-refractivity contribution >= 4 is 21.6 Å². The van der Waals surface area contributed by atoms with Crippen molar-refractivity contribution < 1.29 is 9.47 Å². The maximum atomic E-state index is 12.9. The molecule has 3 aromatic rings. The first-order chi connectivity index (χ1) is 12.7. The fourth-order valence-corrected chi connectivity index (χ4v) is 4.91. The summed E-state index contributed by atoms with van der Waals surface area (Å²) >= 11 is 1.67. The first-order valence-corrected chi connectivity index (χ1v) is 9.80. The lowest BCUT2D eigenvalue weighted by molar-refractivity contribution is 0.404. The molecule has 0 aliphatic heterocycles. The van der Waals surface area contributed by atoms with E-state index in [0.717, 1.165) is 35.0 Å². The second-order valence-corrected chi connectivity index (χ2v) is 7.66. The van der Waals surface area contributed by atoms with Gasteiger partial charge in [-0.15, -0.1) is 11.3 Å². The highest BCUT2D eigenvalue weighted by molar-refractivity contribution is 7.18. The van der Waals surface area contributed by atoms with Gasteiger partial charge in [0, 0.05) is 4.88 Å². The van der Waals surface area contributed by atoms with Gasteiger partial charge in [0.1, 0.15) is 22.2 Å². The molecule has 0 saturated heterocycles. The van der Waals surface area contributed by atoms with Gasteiger partial charge in [0.2, 0.25) is 0 Å². The molecule has 136 valence electrons. The lowest BCUT2D eigenvalue weighted by Gasteiger charge is -2.10. The van der Waals surface area contributed by atoms with E-state index in [0.29, 0.717) is 17.3 Å². The van der Waals surface area contributed by atoms with Crippen molar-refractivity contribution in [1.29, 1.82) is 0 Å². The van der Waals surface area contributed by atoms with E-state index in [1.165, 1.54) is 29.7 Å². The van der Waals surface area contributed by atoms with Crippen LogP contribution in [0.15, 0.2) is 23.0 Å². The van der Waals surface area contributed by atoms with Crippen LogP contribution in [0.1, 0.15) is 36.1 Å². The molecule has 6 heteroatoms. The first kappa shape index (κ1) is 17.1. The lowest BCUT2D eigenvalue weighted by atomic mass is 9.98. The van der Waals surface area contributed by atoms with Crippen molar-refractivity contribution in [2.75, 3.05) is 14.2 Å². The number of nitrogens with zero attached hydrogens (tertiary/aromatic N) is 1. The summed E-state index contributed by atoms with van der Waals surface area (Å²) < 4.78 is 10.8. The smallest absolute Gasteiger partial charge is 0.260 e. The second-order valence-electron chi connectivity index (χ2n) is 6.58. The quantitative estimate of drug-likeness (QED) is 0.745. The maximum absolute atomic E-state index is 12.9. The Morgan fingerprint density at radius 3 is 2.65 bits per heavy atom. The molecule has 1 aliphatic rings. The van der Waals surface area contributed by atoms with Crippen LogP contribution in [-0.4, -0.2) is 24.2 Å². The number of thiophene rings is 1. The molecule has 5 nitrogen and oxygen atoms in total. The average molecular weight is 370 g/mol. The summed E-state index contributed by atoms with van der Waals surface area (Å²) in [5.74, 6) is 1.87. The fourth-order valence-electron chi connectivity index (χ4n) is 3.64. The van der Waals surface area contributed by atoms with Crippen molar-refractivity contribution in [2.24, 2.45) is 0 Å². The minimum atomic E-state index is -0.0621. The predicted molar refractivity (Wildman–Crippen MR) is 105 cm³/mol. The van der Waals surface area contributed by atoms with E-state index in [2.05, 4.69) is 4.98 Å². The van der Waals surface area contributed by atoms with Crippen LogP contribution in [0.3, 0.4) is 0 Å². The number of benzene rings is 1. The van der Waals surface area contributed by atoms with E-state index in [9.17, 15) is 4.79 Å². The van der Waals surface area contributed by atoms with Crippen LogP contribution in [0.2, 0.25) is 0 Å². The molecule has 0 amide bonds. The van der Waals surface area contributed by atoms with Crippen molar-refractivity contribution in [2.45, 2.75) is 38.5 Å². The summed E-state index contributed by atoms with van der Waals surface area (Å²) in [7, 11) is 3.23. The molecule has 0 radical (unpaired) electrons. The highest BCUT2D eigenvalue weighted by Gasteiger charge is 2.20. The summed E-state index contributed by atoms with van der Waals surface area (Å²) in [5, 5.41) is 0.775. The number of nitrogens with one attached hydrogen (secondary N) is 1. The van der Waals surface area contributed by atoms with Crippen LogP contribution in [0.4, 0.5) is 0 Å². The van der Waals surface area contributed by atoms with Crippen LogP contribution in [0.5, 0.6) is 11.5 Å². The monoisotopic (exact) mass is 370 g/mol. The van der Waals surface area contributed by atoms with E-state index in [-0.39, 0.29) is 5.56 Å². The van der Waals surface area contributed by atoms with Gasteiger partial charge in [-0.1, -0.05) is 12.8 Å². The molecular formula is C20H22N2O3S. The standard InChI is InChI=1S/C20H22N2O3S/c1-24-12-9-10-15(25-2)14(11-12)18-21-19(23)17-13-7-5-3-4-6-8-16(13)26-20(17)22-18/h9-11H,3-8H2,1-2H3,(H,21,22,23). The summed E-state index contributed by atoms with van der Waals surface area (Å²) in [5.41, 5.74) is 1.88. The number of hydrogen-bond acceptors (Lipinski definition) is 5. The number of H-pyrrole nitrogens is 1. The Hall–Kier alpha value is -2.34. The number of aryl methyl sites for hydroxylation is 2. The summed E-state index contributed by atoms with van der Waals surface area (Å²) in [6.07, 6.45) is 6.86. The topological polar surface area (TPSA) is 64.2 Å². The van der Waals surface area contributed by atoms with E-state index in [1.54, 1.807) is 25.6 Å². The third kappa shape index (κ3) is 2.98. The number of aromatic nitrogens is 2. The Bertz CT molecular complexity index is 1010. The Morgan fingerprint density at radius 1 is 1.08 bits per heavy atom. The molecule has 4 rings (SSSR count). The summed E-state index contributed by atoms with van der Waals surface area (Å²) in [4.78, 5) is 22.8. The minimum absolute atomic E-state index is 0.0621. The number of rotatable bonds is 3. The molecule has 1 aliphatic carbocycles. The van der Waals surface area contributed by atoms with Crippen LogP contribution >= 0.6 is 11.3 Å². The van der Waals surface area contributed by atoms with Gasteiger partial charge >= 0.3 is 0 Å². The van der Waals surface area contributed by atoms with Crippen molar-refractivity contribution in [3.63, 3.8) is 0 Å². The summed E-state index contributed by atoms with van der Waals surface area (Å²) in [6.45, 7) is 0. The molecule has 0 atom stereocenters. The van der Waals surface area contributed by atoms with Crippen LogP contribution in [-0.2, 0) is 12.8 Å². The SMILES string of the molecule is COc1ccc(OC)c(-c2nc3sc4c(c3c(=O)[nH]2)CCCCCC4)c1. The molecule has 0 bridgehead atoms. The van der Waals surface area contributed by atoms with Gasteiger partial charge < -0.3 is 14.5 Å². The Labute approximate surface area is 156 Å². The molecule has 0 unspecified atom stereocenters. The fraction of sp³-hybridized carbons (Fsp3) is 0.400. The van der Waals surface area contributed by atoms with Gasteiger partial charge in [-0.05, 0) is 49.4 Å². The highest BCUT2D eigenvalue weighted by Crippen LogP contribution is 2.35. The van der Waals surface area contributed by atoms with Gasteiger partial charge in [-0.25, -0.2) is 4.98 Å². The van der Waals surface area contributed by atoms with E-state index in [1.807, 2.05) is 18.2 Å². The van der Waals surface area contributed by atoms with Gasteiger partial charge in [0.05, 0.1) is 25.2 Å². The largest absolute Gasteiger partial charge is 0.497 e. The van der Waals surface area contributed by atoms with E-state index in [4.69, 9.17) is 14.5 Å². The van der Waals surface area contributed by atoms with Gasteiger partial charge in [0.25, 0.3) is 5.56 Å². The maximum Gasteiger partial charge on any atom is 0.260 e. The Morgan fingerprint density at radius 2 is 1.88 bits per heavy atom. The third-order valence-corrected chi connectivity index (χ3v) is 6.17. The predicted octanol–water partition coefficient (Wildman–Crippen LogP) is 4.33. The molecule has 26 heavy (non-hydrogen) atoms. The summed E-state index contributed by atoms with van der Waals surface area (Å²) in [6, 6.07) is 5.49.